The van der Waals surface area contributed by atoms with E-state index >= 15 is 0 Å². The number of carbonyl (C=O) groups excluding carboxylic acids is 2. The van der Waals surface area contributed by atoms with Gasteiger partial charge in [-0.25, -0.2) is 0 Å². The summed E-state index contributed by atoms with van der Waals surface area (Å²) in [5.74, 6) is -0.333. The Morgan fingerprint density at radius 3 is 2.62 bits per heavy atom. The van der Waals surface area contributed by atoms with Crippen molar-refractivity contribution >= 4 is 22.6 Å². The third-order valence-electron chi connectivity index (χ3n) is 5.92. The normalized spacial score (nSPS) is 13.3. The summed E-state index contributed by atoms with van der Waals surface area (Å²) in [5, 5.41) is 5.13. The maximum Gasteiger partial charge on any atom is 0.263 e. The van der Waals surface area contributed by atoms with Gasteiger partial charge in [0.25, 0.3) is 11.5 Å². The van der Waals surface area contributed by atoms with Crippen molar-refractivity contribution < 1.29 is 9.59 Å². The number of aromatic nitrogens is 1. The van der Waals surface area contributed by atoms with Crippen molar-refractivity contribution in [2.24, 2.45) is 7.05 Å². The standard InChI is InChI=1S/C25H28N4O3/c1-27(2)16-22(30)29-12-11-21-19(15-29)14-28(3)25(32)23(21)24(31)26-13-18-9-6-8-17-7-4-5-10-20(17)18/h4-10,14H,11-13,15-16H2,1-3H3,(H,26,31). The second-order valence-electron chi connectivity index (χ2n) is 8.55. The van der Waals surface area contributed by atoms with Crippen LogP contribution in [0.4, 0.5) is 0 Å². The number of hydrogen-bond donors (Lipinski definition) is 1. The Kier molecular flexibility index (Phi) is 6.10. The fraction of sp³-hybridized carbons (Fsp3) is 0.320. The summed E-state index contributed by atoms with van der Waals surface area (Å²) in [6.45, 7) is 1.57. The van der Waals surface area contributed by atoms with Crippen molar-refractivity contribution in [2.45, 2.75) is 19.5 Å². The third kappa shape index (κ3) is 4.29. The lowest BCUT2D eigenvalue weighted by molar-refractivity contribution is -0.132. The van der Waals surface area contributed by atoms with Gasteiger partial charge in [-0.3, -0.25) is 14.4 Å². The molecule has 2 heterocycles. The Balaban J connectivity index is 1.59. The zero-order valence-electron chi connectivity index (χ0n) is 18.7. The topological polar surface area (TPSA) is 74.7 Å². The number of carbonyl (C=O) groups is 2. The summed E-state index contributed by atoms with van der Waals surface area (Å²) in [6, 6.07) is 14.0. The molecular weight excluding hydrogens is 404 g/mol. The van der Waals surface area contributed by atoms with Gasteiger partial charge in [0.05, 0.1) is 6.54 Å². The van der Waals surface area contributed by atoms with E-state index in [1.54, 1.807) is 18.1 Å². The number of amides is 2. The number of benzene rings is 2. The molecule has 2 aromatic carbocycles. The minimum absolute atomic E-state index is 0.0384. The summed E-state index contributed by atoms with van der Waals surface area (Å²) in [4.78, 5) is 42.1. The molecule has 0 saturated heterocycles. The predicted octanol–water partition coefficient (Wildman–Crippen LogP) is 1.91. The van der Waals surface area contributed by atoms with Crippen LogP contribution in [0.25, 0.3) is 10.8 Å². The predicted molar refractivity (Wildman–Crippen MR) is 124 cm³/mol. The second kappa shape index (κ2) is 8.96. The van der Waals surface area contributed by atoms with Crippen molar-refractivity contribution in [3.63, 3.8) is 0 Å². The van der Waals surface area contributed by atoms with E-state index in [0.29, 0.717) is 32.6 Å². The van der Waals surface area contributed by atoms with Gasteiger partial charge in [-0.2, -0.15) is 0 Å². The molecule has 0 bridgehead atoms. The van der Waals surface area contributed by atoms with Crippen LogP contribution in [0.2, 0.25) is 0 Å². The van der Waals surface area contributed by atoms with Gasteiger partial charge < -0.3 is 19.7 Å². The van der Waals surface area contributed by atoms with Gasteiger partial charge >= 0.3 is 0 Å². The minimum Gasteiger partial charge on any atom is -0.348 e. The Morgan fingerprint density at radius 2 is 1.84 bits per heavy atom. The first kappa shape index (κ1) is 21.8. The van der Waals surface area contributed by atoms with Crippen molar-refractivity contribution in [1.29, 1.82) is 0 Å². The lowest BCUT2D eigenvalue weighted by Gasteiger charge is -2.31. The average molecular weight is 433 g/mol. The van der Waals surface area contributed by atoms with Crippen LogP contribution in [0, 0.1) is 0 Å². The molecule has 0 atom stereocenters. The summed E-state index contributed by atoms with van der Waals surface area (Å²) < 4.78 is 1.44. The Hall–Kier alpha value is -3.45. The maximum absolute atomic E-state index is 13.1. The molecule has 1 aromatic heterocycles. The van der Waals surface area contributed by atoms with E-state index in [-0.39, 0.29) is 22.9 Å². The average Bonchev–Trinajstić information content (AvgIpc) is 2.77. The zero-order valence-corrected chi connectivity index (χ0v) is 18.7. The van der Waals surface area contributed by atoms with Gasteiger partial charge in [-0.1, -0.05) is 42.5 Å². The Bertz CT molecular complexity index is 1240. The molecule has 0 fully saturated rings. The molecule has 0 unspecified atom stereocenters. The molecule has 3 aromatic rings. The molecule has 0 radical (unpaired) electrons. The molecule has 166 valence electrons. The summed E-state index contributed by atoms with van der Waals surface area (Å²) in [7, 11) is 5.36. The van der Waals surface area contributed by atoms with E-state index < -0.39 is 0 Å². The first-order valence-corrected chi connectivity index (χ1v) is 10.7. The van der Waals surface area contributed by atoms with Gasteiger partial charge in [-0.05, 0) is 48.0 Å². The van der Waals surface area contributed by atoms with Crippen molar-refractivity contribution in [3.8, 4) is 0 Å². The number of aryl methyl sites for hydroxylation is 1. The molecule has 32 heavy (non-hydrogen) atoms. The molecule has 1 N–H and O–H groups in total. The van der Waals surface area contributed by atoms with Gasteiger partial charge in [0.15, 0.2) is 0 Å². The van der Waals surface area contributed by atoms with Crippen LogP contribution in [-0.4, -0.2) is 53.4 Å². The van der Waals surface area contributed by atoms with Crippen LogP contribution in [0.3, 0.4) is 0 Å². The molecule has 4 rings (SSSR count). The van der Waals surface area contributed by atoms with Crippen LogP contribution >= 0.6 is 0 Å². The maximum atomic E-state index is 13.1. The van der Waals surface area contributed by atoms with E-state index in [4.69, 9.17) is 0 Å². The fourth-order valence-corrected chi connectivity index (χ4v) is 4.32. The molecule has 2 amide bonds. The van der Waals surface area contributed by atoms with E-state index in [1.807, 2.05) is 61.5 Å². The number of rotatable bonds is 5. The van der Waals surface area contributed by atoms with E-state index in [2.05, 4.69) is 5.32 Å². The monoisotopic (exact) mass is 432 g/mol. The highest BCUT2D eigenvalue weighted by atomic mass is 16.2. The van der Waals surface area contributed by atoms with Crippen molar-refractivity contribution in [3.05, 3.63) is 81.3 Å². The minimum atomic E-state index is -0.372. The molecular formula is C25H28N4O3. The van der Waals surface area contributed by atoms with E-state index in [0.717, 1.165) is 27.5 Å². The van der Waals surface area contributed by atoms with Crippen LogP contribution in [0.15, 0.2) is 53.5 Å². The SMILES string of the molecule is CN(C)CC(=O)N1CCc2c(cn(C)c(=O)c2C(=O)NCc2cccc3ccccc23)C1. The summed E-state index contributed by atoms with van der Waals surface area (Å²) in [6.07, 6.45) is 2.23. The highest BCUT2D eigenvalue weighted by Gasteiger charge is 2.27. The largest absolute Gasteiger partial charge is 0.348 e. The Labute approximate surface area is 187 Å². The van der Waals surface area contributed by atoms with Crippen LogP contribution < -0.4 is 10.9 Å². The quantitative estimate of drug-likeness (QED) is 0.669. The highest BCUT2D eigenvalue weighted by Crippen LogP contribution is 2.22. The van der Waals surface area contributed by atoms with Crippen LogP contribution in [0.5, 0.6) is 0 Å². The zero-order chi connectivity index (χ0) is 22.8. The number of nitrogens with zero attached hydrogens (tertiary/aromatic N) is 3. The lowest BCUT2D eigenvalue weighted by Crippen LogP contribution is -2.43. The highest BCUT2D eigenvalue weighted by molar-refractivity contribution is 5.96. The second-order valence-corrected chi connectivity index (χ2v) is 8.55. The Morgan fingerprint density at radius 1 is 1.09 bits per heavy atom. The van der Waals surface area contributed by atoms with Crippen molar-refractivity contribution in [2.75, 3.05) is 27.2 Å². The fourth-order valence-electron chi connectivity index (χ4n) is 4.32. The molecule has 0 aliphatic carbocycles. The van der Waals surface area contributed by atoms with Gasteiger partial charge in [-0.15, -0.1) is 0 Å². The molecule has 7 nitrogen and oxygen atoms in total. The van der Waals surface area contributed by atoms with Gasteiger partial charge in [0.1, 0.15) is 5.56 Å². The van der Waals surface area contributed by atoms with Gasteiger partial charge in [0, 0.05) is 32.9 Å². The van der Waals surface area contributed by atoms with E-state index in [9.17, 15) is 14.4 Å². The number of hydrogen-bond acceptors (Lipinski definition) is 4. The first-order valence-electron chi connectivity index (χ1n) is 10.7. The number of likely N-dealkylation sites (N-methyl/N-ethyl adjacent to an activating group) is 1. The third-order valence-corrected chi connectivity index (χ3v) is 5.92. The smallest absolute Gasteiger partial charge is 0.263 e. The van der Waals surface area contributed by atoms with Crippen molar-refractivity contribution in [1.82, 2.24) is 19.7 Å². The molecule has 1 aliphatic rings. The first-order chi connectivity index (χ1) is 15.3. The molecule has 0 saturated carbocycles. The number of nitrogens with one attached hydrogen (secondary N) is 1. The van der Waals surface area contributed by atoms with Gasteiger partial charge in [0.2, 0.25) is 5.91 Å². The number of fused-ring (bicyclic) bond motifs is 2. The number of pyridine rings is 1. The molecule has 1 aliphatic heterocycles. The molecule has 0 spiro atoms. The van der Waals surface area contributed by atoms with E-state index in [1.165, 1.54) is 4.57 Å². The van der Waals surface area contributed by atoms with Crippen LogP contribution in [-0.2, 0) is 31.4 Å². The summed E-state index contributed by atoms with van der Waals surface area (Å²) >= 11 is 0. The summed E-state index contributed by atoms with van der Waals surface area (Å²) in [5.41, 5.74) is 2.47. The lowest BCUT2D eigenvalue weighted by atomic mass is 9.96. The molecule has 7 heteroatoms. The van der Waals surface area contributed by atoms with Crippen LogP contribution in [0.1, 0.15) is 27.0 Å².